The first-order valence-electron chi connectivity index (χ1n) is 6.84. The second kappa shape index (κ2) is 5.94. The van der Waals surface area contributed by atoms with Gasteiger partial charge in [-0.05, 0) is 31.4 Å². The minimum atomic E-state index is -0.892. The monoisotopic (exact) mass is 276 g/mol. The van der Waals surface area contributed by atoms with Crippen molar-refractivity contribution in [2.75, 3.05) is 18.5 Å². The Bertz CT molecular complexity index is 516. The highest BCUT2D eigenvalue weighted by Gasteiger charge is 2.29. The van der Waals surface area contributed by atoms with Crippen molar-refractivity contribution in [2.24, 2.45) is 0 Å². The van der Waals surface area contributed by atoms with Gasteiger partial charge in [0.15, 0.2) is 0 Å². The predicted octanol–water partition coefficient (Wildman–Crippen LogP) is 2.35. The number of fused-ring (bicyclic) bond motifs is 1. The lowest BCUT2D eigenvalue weighted by Crippen LogP contribution is -2.48. The molecule has 5 nitrogen and oxygen atoms in total. The predicted molar refractivity (Wildman–Crippen MR) is 77.0 cm³/mol. The molecule has 1 atom stereocenters. The van der Waals surface area contributed by atoms with Crippen LogP contribution in [0.2, 0.25) is 0 Å². The van der Waals surface area contributed by atoms with Gasteiger partial charge in [-0.25, -0.2) is 4.79 Å². The number of hydrogen-bond acceptors (Lipinski definition) is 2. The molecule has 0 saturated heterocycles. The summed E-state index contributed by atoms with van der Waals surface area (Å²) in [5.41, 5.74) is 2.11. The standard InChI is InChI=1S/C15H20N2O3/c1-11-7-8-12-5-3-4-6-13(12)17(11)15(20)16(2)10-9-14(18)19/h3-6,11H,7-10H2,1-2H3,(H,18,19). The summed E-state index contributed by atoms with van der Waals surface area (Å²) in [6.07, 6.45) is 1.86. The fourth-order valence-corrected chi connectivity index (χ4v) is 2.52. The molecule has 1 unspecified atom stereocenters. The van der Waals surface area contributed by atoms with Crippen LogP contribution in [-0.4, -0.2) is 41.6 Å². The quantitative estimate of drug-likeness (QED) is 0.922. The average Bonchev–Trinajstić information content (AvgIpc) is 2.44. The first-order chi connectivity index (χ1) is 9.50. The second-order valence-corrected chi connectivity index (χ2v) is 5.23. The number of carboxylic acid groups (broad SMARTS) is 1. The first-order valence-corrected chi connectivity index (χ1v) is 6.84. The highest BCUT2D eigenvalue weighted by atomic mass is 16.4. The number of hydrogen-bond donors (Lipinski definition) is 1. The van der Waals surface area contributed by atoms with Gasteiger partial charge in [-0.15, -0.1) is 0 Å². The average molecular weight is 276 g/mol. The molecular formula is C15H20N2O3. The van der Waals surface area contributed by atoms with Gasteiger partial charge in [-0.1, -0.05) is 18.2 Å². The summed E-state index contributed by atoms with van der Waals surface area (Å²) in [6, 6.07) is 7.89. The summed E-state index contributed by atoms with van der Waals surface area (Å²) >= 11 is 0. The van der Waals surface area contributed by atoms with Crippen LogP contribution in [-0.2, 0) is 11.2 Å². The van der Waals surface area contributed by atoms with E-state index in [-0.39, 0.29) is 25.0 Å². The van der Waals surface area contributed by atoms with Gasteiger partial charge in [0.25, 0.3) is 0 Å². The lowest BCUT2D eigenvalue weighted by atomic mass is 9.97. The molecule has 0 aliphatic carbocycles. The largest absolute Gasteiger partial charge is 0.481 e. The number of benzene rings is 1. The number of carbonyl (C=O) groups excluding carboxylic acids is 1. The number of aryl methyl sites for hydroxylation is 1. The van der Waals surface area contributed by atoms with Crippen LogP contribution in [0.1, 0.15) is 25.3 Å². The van der Waals surface area contributed by atoms with Gasteiger partial charge < -0.3 is 10.0 Å². The van der Waals surface area contributed by atoms with Crippen molar-refractivity contribution < 1.29 is 14.7 Å². The third-order valence-electron chi connectivity index (χ3n) is 3.72. The lowest BCUT2D eigenvalue weighted by molar-refractivity contribution is -0.137. The van der Waals surface area contributed by atoms with Gasteiger partial charge in [0.1, 0.15) is 0 Å². The third-order valence-corrected chi connectivity index (χ3v) is 3.72. The molecule has 1 N–H and O–H groups in total. The van der Waals surface area contributed by atoms with Gasteiger partial charge in [-0.3, -0.25) is 9.69 Å². The van der Waals surface area contributed by atoms with E-state index in [0.717, 1.165) is 18.5 Å². The molecular weight excluding hydrogens is 256 g/mol. The van der Waals surface area contributed by atoms with Gasteiger partial charge in [0.2, 0.25) is 0 Å². The number of carboxylic acids is 1. The molecule has 5 heteroatoms. The molecule has 1 aliphatic heterocycles. The molecule has 108 valence electrons. The summed E-state index contributed by atoms with van der Waals surface area (Å²) < 4.78 is 0. The number of rotatable bonds is 3. The first kappa shape index (κ1) is 14.4. The lowest BCUT2D eigenvalue weighted by Gasteiger charge is -2.37. The van der Waals surface area contributed by atoms with Gasteiger partial charge in [0, 0.05) is 25.3 Å². The minimum absolute atomic E-state index is 0.0356. The highest BCUT2D eigenvalue weighted by molar-refractivity contribution is 5.94. The minimum Gasteiger partial charge on any atom is -0.481 e. The molecule has 20 heavy (non-hydrogen) atoms. The van der Waals surface area contributed by atoms with E-state index in [1.807, 2.05) is 31.2 Å². The molecule has 1 aromatic rings. The van der Waals surface area contributed by atoms with Crippen LogP contribution in [0, 0.1) is 0 Å². The normalized spacial score (nSPS) is 17.5. The Kier molecular flexibility index (Phi) is 4.27. The Hall–Kier alpha value is -2.04. The number of amides is 2. The third kappa shape index (κ3) is 2.92. The molecule has 1 aromatic carbocycles. The zero-order chi connectivity index (χ0) is 14.7. The van der Waals surface area contributed by atoms with Crippen LogP contribution in [0.15, 0.2) is 24.3 Å². The molecule has 2 amide bonds. The molecule has 0 bridgehead atoms. The van der Waals surface area contributed by atoms with E-state index in [0.29, 0.717) is 0 Å². The topological polar surface area (TPSA) is 60.9 Å². The van der Waals surface area contributed by atoms with E-state index in [9.17, 15) is 9.59 Å². The van der Waals surface area contributed by atoms with Crippen LogP contribution < -0.4 is 4.90 Å². The molecule has 0 aromatic heterocycles. The molecule has 0 fully saturated rings. The zero-order valence-electron chi connectivity index (χ0n) is 11.9. The molecule has 0 saturated carbocycles. The molecule has 0 spiro atoms. The van der Waals surface area contributed by atoms with Crippen molar-refractivity contribution >= 4 is 17.7 Å². The van der Waals surface area contributed by atoms with E-state index < -0.39 is 5.97 Å². The molecule has 0 radical (unpaired) electrons. The zero-order valence-corrected chi connectivity index (χ0v) is 11.9. The maximum absolute atomic E-state index is 12.5. The van der Waals surface area contributed by atoms with Crippen LogP contribution in [0.4, 0.5) is 10.5 Å². The summed E-state index contributed by atoms with van der Waals surface area (Å²) in [5, 5.41) is 8.71. The van der Waals surface area contributed by atoms with Gasteiger partial charge >= 0.3 is 12.0 Å². The van der Waals surface area contributed by atoms with Crippen LogP contribution >= 0.6 is 0 Å². The Labute approximate surface area is 118 Å². The van der Waals surface area contributed by atoms with Crippen molar-refractivity contribution in [3.05, 3.63) is 29.8 Å². The number of nitrogens with zero attached hydrogens (tertiary/aromatic N) is 2. The van der Waals surface area contributed by atoms with E-state index in [1.54, 1.807) is 11.9 Å². The Balaban J connectivity index is 2.18. The summed E-state index contributed by atoms with van der Waals surface area (Å²) in [5.74, 6) is -0.892. The number of anilines is 1. The number of carbonyl (C=O) groups is 2. The van der Waals surface area contributed by atoms with Crippen LogP contribution in [0.3, 0.4) is 0 Å². The fourth-order valence-electron chi connectivity index (χ4n) is 2.52. The second-order valence-electron chi connectivity index (χ2n) is 5.23. The SMILES string of the molecule is CC1CCc2ccccc2N1C(=O)N(C)CCC(=O)O. The number of urea groups is 1. The maximum atomic E-state index is 12.5. The van der Waals surface area contributed by atoms with Crippen molar-refractivity contribution in [1.29, 1.82) is 0 Å². The molecule has 2 rings (SSSR count). The van der Waals surface area contributed by atoms with Crippen LogP contribution in [0.25, 0.3) is 0 Å². The van der Waals surface area contributed by atoms with Crippen molar-refractivity contribution in [3.63, 3.8) is 0 Å². The van der Waals surface area contributed by atoms with E-state index in [1.165, 1.54) is 10.5 Å². The number of aliphatic carboxylic acids is 1. The Morgan fingerprint density at radius 1 is 1.40 bits per heavy atom. The summed E-state index contributed by atoms with van der Waals surface area (Å²) in [4.78, 5) is 26.4. The van der Waals surface area contributed by atoms with E-state index >= 15 is 0 Å². The number of para-hydroxylation sites is 1. The Morgan fingerprint density at radius 3 is 2.80 bits per heavy atom. The van der Waals surface area contributed by atoms with E-state index in [2.05, 4.69) is 0 Å². The summed E-state index contributed by atoms with van der Waals surface area (Å²) in [6.45, 7) is 2.25. The molecule has 1 heterocycles. The fraction of sp³-hybridized carbons (Fsp3) is 0.467. The van der Waals surface area contributed by atoms with Gasteiger partial charge in [0.05, 0.1) is 6.42 Å². The van der Waals surface area contributed by atoms with Crippen LogP contribution in [0.5, 0.6) is 0 Å². The maximum Gasteiger partial charge on any atom is 0.324 e. The van der Waals surface area contributed by atoms with Crippen molar-refractivity contribution in [3.8, 4) is 0 Å². The van der Waals surface area contributed by atoms with Crippen molar-refractivity contribution in [2.45, 2.75) is 32.2 Å². The highest BCUT2D eigenvalue weighted by Crippen LogP contribution is 2.31. The Morgan fingerprint density at radius 2 is 2.10 bits per heavy atom. The van der Waals surface area contributed by atoms with Gasteiger partial charge in [-0.2, -0.15) is 0 Å². The molecule has 1 aliphatic rings. The summed E-state index contributed by atoms with van der Waals surface area (Å²) in [7, 11) is 1.65. The van der Waals surface area contributed by atoms with E-state index in [4.69, 9.17) is 5.11 Å². The van der Waals surface area contributed by atoms with Crippen molar-refractivity contribution in [1.82, 2.24) is 4.90 Å². The smallest absolute Gasteiger partial charge is 0.324 e.